The van der Waals surface area contributed by atoms with Crippen LogP contribution in [0.2, 0.25) is 0 Å². The van der Waals surface area contributed by atoms with Crippen molar-refractivity contribution in [2.75, 3.05) is 0 Å². The Morgan fingerprint density at radius 1 is 1.36 bits per heavy atom. The van der Waals surface area contributed by atoms with Crippen LogP contribution in [-0.2, 0) is 10.0 Å². The topological polar surface area (TPSA) is 66.4 Å². The molecule has 4 atom stereocenters. The number of sulfonamides is 1. The number of aliphatic hydroxyl groups is 1. The highest BCUT2D eigenvalue weighted by molar-refractivity contribution is 7.89. The largest absolute Gasteiger partial charge is 0.390 e. The molecule has 0 spiro atoms. The average Bonchev–Trinajstić information content (AvgIpc) is 2.52. The normalized spacial score (nSPS) is 17.5. The molecular weight excluding hydrogens is 322 g/mol. The van der Waals surface area contributed by atoms with Crippen LogP contribution in [0, 0.1) is 5.92 Å². The lowest BCUT2D eigenvalue weighted by Crippen LogP contribution is -2.50. The van der Waals surface area contributed by atoms with Crippen molar-refractivity contribution >= 4 is 21.6 Å². The molecule has 0 fully saturated rings. The Morgan fingerprint density at radius 3 is 2.45 bits per heavy atom. The zero-order valence-corrected chi connectivity index (χ0v) is 14.5. The van der Waals surface area contributed by atoms with Gasteiger partial charge in [-0.25, -0.2) is 13.1 Å². The van der Waals surface area contributed by atoms with Crippen molar-refractivity contribution in [3.63, 3.8) is 0 Å². The number of halogens is 1. The molecule has 124 valence electrons. The minimum Gasteiger partial charge on any atom is -0.390 e. The van der Waals surface area contributed by atoms with Crippen molar-refractivity contribution in [2.24, 2.45) is 5.92 Å². The first-order valence-corrected chi connectivity index (χ1v) is 9.25. The number of rotatable bonds is 9. The number of allylic oxidation sites excluding steroid dienone is 1. The van der Waals surface area contributed by atoms with Gasteiger partial charge in [0.05, 0.1) is 22.4 Å². The Hall–Kier alpha value is -0.880. The quantitative estimate of drug-likeness (QED) is 0.534. The number of hydrogen-bond acceptors (Lipinski definition) is 3. The van der Waals surface area contributed by atoms with Crippen molar-refractivity contribution in [3.8, 4) is 0 Å². The predicted molar refractivity (Wildman–Crippen MR) is 90.5 cm³/mol. The lowest BCUT2D eigenvalue weighted by molar-refractivity contribution is 0.107. The summed E-state index contributed by atoms with van der Waals surface area (Å²) in [5.41, 5.74) is 0. The Morgan fingerprint density at radius 2 is 1.95 bits per heavy atom. The van der Waals surface area contributed by atoms with Gasteiger partial charge >= 0.3 is 0 Å². The Kier molecular flexibility index (Phi) is 7.56. The van der Waals surface area contributed by atoms with Gasteiger partial charge < -0.3 is 5.11 Å². The molecule has 2 N–H and O–H groups in total. The summed E-state index contributed by atoms with van der Waals surface area (Å²) in [7, 11) is -3.70. The molecule has 0 aliphatic carbocycles. The van der Waals surface area contributed by atoms with Gasteiger partial charge in [-0.2, -0.15) is 0 Å². The smallest absolute Gasteiger partial charge is 0.240 e. The second-order valence-electron chi connectivity index (χ2n) is 5.38. The molecule has 0 saturated heterocycles. The molecular formula is C16H24ClNO3S. The number of nitrogens with one attached hydrogen (secondary N) is 1. The molecule has 0 heterocycles. The highest BCUT2D eigenvalue weighted by atomic mass is 35.5. The standard InChI is InChI=1S/C16H24ClNO3S/c1-4-9-14(17)16(19)15(12(3)5-2)18-22(20,21)13-10-7-6-8-11-13/h4,6-8,10-12,14-16,18-19H,1,5,9H2,2-3H3/t12-,14?,15-,16+/m0/s1. The van der Waals surface area contributed by atoms with E-state index in [1.807, 2.05) is 13.8 Å². The van der Waals surface area contributed by atoms with E-state index in [-0.39, 0.29) is 10.8 Å². The van der Waals surface area contributed by atoms with Crippen molar-refractivity contribution < 1.29 is 13.5 Å². The summed E-state index contributed by atoms with van der Waals surface area (Å²) in [6.07, 6.45) is 1.74. The molecule has 1 rings (SSSR count). The van der Waals surface area contributed by atoms with Crippen LogP contribution in [0.3, 0.4) is 0 Å². The molecule has 0 aliphatic rings. The molecule has 0 radical (unpaired) electrons. The third-order valence-corrected chi connectivity index (χ3v) is 5.64. The highest BCUT2D eigenvalue weighted by Crippen LogP contribution is 2.21. The van der Waals surface area contributed by atoms with E-state index in [4.69, 9.17) is 11.6 Å². The van der Waals surface area contributed by atoms with Crippen molar-refractivity contribution in [1.82, 2.24) is 4.72 Å². The molecule has 22 heavy (non-hydrogen) atoms. The molecule has 4 nitrogen and oxygen atoms in total. The third kappa shape index (κ3) is 5.09. The van der Waals surface area contributed by atoms with Crippen molar-refractivity contribution in [1.29, 1.82) is 0 Å². The fraction of sp³-hybridized carbons (Fsp3) is 0.500. The van der Waals surface area contributed by atoms with E-state index in [0.29, 0.717) is 6.42 Å². The number of aliphatic hydroxyl groups excluding tert-OH is 1. The molecule has 1 aromatic carbocycles. The summed E-state index contributed by atoms with van der Waals surface area (Å²) >= 11 is 6.15. The lowest BCUT2D eigenvalue weighted by Gasteiger charge is -2.31. The summed E-state index contributed by atoms with van der Waals surface area (Å²) in [5.74, 6) is -0.0560. The van der Waals surface area contributed by atoms with Gasteiger partial charge in [-0.3, -0.25) is 0 Å². The van der Waals surface area contributed by atoms with Crippen LogP contribution in [0.5, 0.6) is 0 Å². The predicted octanol–water partition coefficient (Wildman–Crippen LogP) is 2.92. The van der Waals surface area contributed by atoms with Crippen LogP contribution in [-0.4, -0.2) is 31.0 Å². The fourth-order valence-corrected chi connectivity index (χ4v) is 3.81. The van der Waals surface area contributed by atoms with Gasteiger partial charge in [0.1, 0.15) is 0 Å². The second-order valence-corrected chi connectivity index (χ2v) is 7.65. The summed E-state index contributed by atoms with van der Waals surface area (Å²) in [5, 5.41) is 9.83. The van der Waals surface area contributed by atoms with Gasteiger partial charge in [-0.05, 0) is 24.5 Å². The molecule has 1 unspecified atom stereocenters. The average molecular weight is 346 g/mol. The first kappa shape index (κ1) is 19.2. The fourth-order valence-electron chi connectivity index (χ4n) is 2.15. The van der Waals surface area contributed by atoms with Gasteiger partial charge in [0.15, 0.2) is 0 Å². The number of alkyl halides is 1. The summed E-state index contributed by atoms with van der Waals surface area (Å²) < 4.78 is 27.5. The molecule has 0 aromatic heterocycles. The zero-order valence-electron chi connectivity index (χ0n) is 12.9. The molecule has 0 saturated carbocycles. The van der Waals surface area contributed by atoms with Gasteiger partial charge in [-0.1, -0.05) is 44.5 Å². The van der Waals surface area contributed by atoms with E-state index >= 15 is 0 Å². The van der Waals surface area contributed by atoms with E-state index in [2.05, 4.69) is 11.3 Å². The van der Waals surface area contributed by atoms with Gasteiger partial charge in [0.25, 0.3) is 0 Å². The van der Waals surface area contributed by atoms with Gasteiger partial charge in [0.2, 0.25) is 10.0 Å². The molecule has 0 aliphatic heterocycles. The number of benzene rings is 1. The number of hydrogen-bond donors (Lipinski definition) is 2. The van der Waals surface area contributed by atoms with Crippen LogP contribution in [0.15, 0.2) is 47.9 Å². The molecule has 0 amide bonds. The van der Waals surface area contributed by atoms with E-state index in [9.17, 15) is 13.5 Å². The highest BCUT2D eigenvalue weighted by Gasteiger charge is 2.33. The van der Waals surface area contributed by atoms with E-state index in [1.165, 1.54) is 12.1 Å². The maximum Gasteiger partial charge on any atom is 0.240 e. The first-order chi connectivity index (χ1) is 10.3. The van der Waals surface area contributed by atoms with Crippen molar-refractivity contribution in [3.05, 3.63) is 43.0 Å². The lowest BCUT2D eigenvalue weighted by atomic mass is 9.92. The maximum absolute atomic E-state index is 12.5. The summed E-state index contributed by atoms with van der Waals surface area (Å²) in [6, 6.07) is 7.45. The SMILES string of the molecule is C=CCC(Cl)[C@@H](O)[C@@H](NS(=O)(=O)c1ccccc1)[C@@H](C)CC. The minimum atomic E-state index is -3.70. The zero-order chi connectivity index (χ0) is 16.8. The van der Waals surface area contributed by atoms with E-state index < -0.39 is 27.5 Å². The van der Waals surface area contributed by atoms with Crippen LogP contribution >= 0.6 is 11.6 Å². The van der Waals surface area contributed by atoms with Crippen LogP contribution in [0.1, 0.15) is 26.7 Å². The Balaban J connectivity index is 3.01. The molecule has 0 bridgehead atoms. The van der Waals surface area contributed by atoms with Crippen LogP contribution in [0.4, 0.5) is 0 Å². The van der Waals surface area contributed by atoms with Crippen LogP contribution in [0.25, 0.3) is 0 Å². The Labute approximate surface area is 138 Å². The monoisotopic (exact) mass is 345 g/mol. The summed E-state index contributed by atoms with van der Waals surface area (Å²) in [6.45, 7) is 7.43. The maximum atomic E-state index is 12.5. The van der Waals surface area contributed by atoms with Gasteiger partial charge in [0, 0.05) is 0 Å². The minimum absolute atomic E-state index is 0.0560. The first-order valence-electron chi connectivity index (χ1n) is 7.33. The molecule has 1 aromatic rings. The van der Waals surface area contributed by atoms with Crippen molar-refractivity contribution in [2.45, 2.75) is 49.1 Å². The van der Waals surface area contributed by atoms with Crippen LogP contribution < -0.4 is 4.72 Å². The third-order valence-electron chi connectivity index (χ3n) is 3.73. The summed E-state index contributed by atoms with van der Waals surface area (Å²) in [4.78, 5) is 0.172. The second kappa shape index (κ2) is 8.67. The van der Waals surface area contributed by atoms with Gasteiger partial charge in [-0.15, -0.1) is 18.2 Å². The van der Waals surface area contributed by atoms with E-state index in [0.717, 1.165) is 6.42 Å². The molecule has 6 heteroatoms. The Bertz CT molecular complexity index is 562. The van der Waals surface area contributed by atoms with E-state index in [1.54, 1.807) is 24.3 Å².